The van der Waals surface area contributed by atoms with Gasteiger partial charge in [-0.25, -0.2) is 0 Å². The van der Waals surface area contributed by atoms with Gasteiger partial charge in [-0.2, -0.15) is 0 Å². The van der Waals surface area contributed by atoms with Gasteiger partial charge >= 0.3 is 0 Å². The van der Waals surface area contributed by atoms with Crippen molar-refractivity contribution in [1.29, 1.82) is 0 Å². The van der Waals surface area contributed by atoms with Crippen molar-refractivity contribution in [2.75, 3.05) is 0 Å². The third kappa shape index (κ3) is 2.46. The summed E-state index contributed by atoms with van der Waals surface area (Å²) >= 11 is 17.4. The molecule has 0 fully saturated rings. The number of aromatic amines is 1. The van der Waals surface area contributed by atoms with Gasteiger partial charge in [0.1, 0.15) is 22.2 Å². The van der Waals surface area contributed by atoms with Crippen molar-refractivity contribution in [3.8, 4) is 11.5 Å². The summed E-state index contributed by atoms with van der Waals surface area (Å²) in [4.78, 5) is 14.9. The van der Waals surface area contributed by atoms with Crippen LogP contribution in [-0.2, 0) is 6.42 Å². The van der Waals surface area contributed by atoms with Crippen LogP contribution in [0.3, 0.4) is 0 Å². The molecule has 2 aromatic rings. The zero-order chi connectivity index (χ0) is 15.0. The number of hydrogen-bond donors (Lipinski definition) is 3. The Morgan fingerprint density at radius 1 is 1.15 bits per heavy atom. The lowest BCUT2D eigenvalue weighted by molar-refractivity contribution is 0.102. The van der Waals surface area contributed by atoms with Gasteiger partial charge in [0.2, 0.25) is 5.78 Å². The maximum Gasteiger partial charge on any atom is 0.216 e. The normalized spacial score (nSPS) is 10.8. The number of aryl methyl sites for hydroxylation is 1. The first kappa shape index (κ1) is 15.0. The minimum Gasteiger partial charge on any atom is -0.507 e. The Labute approximate surface area is 129 Å². The molecule has 1 heterocycles. The Morgan fingerprint density at radius 3 is 2.30 bits per heavy atom. The van der Waals surface area contributed by atoms with Gasteiger partial charge in [0.15, 0.2) is 0 Å². The Morgan fingerprint density at radius 2 is 1.80 bits per heavy atom. The number of H-pyrrole nitrogens is 1. The van der Waals surface area contributed by atoms with Crippen molar-refractivity contribution in [3.63, 3.8) is 0 Å². The molecule has 106 valence electrons. The number of halogens is 3. The van der Waals surface area contributed by atoms with Crippen molar-refractivity contribution in [2.24, 2.45) is 0 Å². The highest BCUT2D eigenvalue weighted by Crippen LogP contribution is 2.39. The Balaban J connectivity index is 2.62. The highest BCUT2D eigenvalue weighted by atomic mass is 35.5. The minimum absolute atomic E-state index is 0.00764. The fraction of sp³-hybridized carbons (Fsp3) is 0.154. The maximum atomic E-state index is 12.3. The van der Waals surface area contributed by atoms with Crippen LogP contribution in [0.15, 0.2) is 12.1 Å². The molecule has 0 unspecified atom stereocenters. The van der Waals surface area contributed by atoms with Crippen LogP contribution in [0.4, 0.5) is 0 Å². The van der Waals surface area contributed by atoms with Crippen LogP contribution in [-0.4, -0.2) is 21.0 Å². The summed E-state index contributed by atoms with van der Waals surface area (Å²) < 4.78 is 0. The molecule has 0 aliphatic rings. The first-order valence-electron chi connectivity index (χ1n) is 5.68. The molecule has 0 amide bonds. The highest BCUT2D eigenvalue weighted by Gasteiger charge is 2.24. The third-order valence-electron chi connectivity index (χ3n) is 2.88. The number of benzene rings is 1. The molecule has 1 aromatic heterocycles. The lowest BCUT2D eigenvalue weighted by atomic mass is 10.0. The van der Waals surface area contributed by atoms with E-state index < -0.39 is 11.5 Å². The fourth-order valence-electron chi connectivity index (χ4n) is 1.83. The first-order valence-corrected chi connectivity index (χ1v) is 6.82. The zero-order valence-electron chi connectivity index (χ0n) is 10.3. The average molecular weight is 335 g/mol. The van der Waals surface area contributed by atoms with Crippen molar-refractivity contribution in [2.45, 2.75) is 13.3 Å². The van der Waals surface area contributed by atoms with E-state index in [1.807, 2.05) is 0 Å². The number of hydrogen-bond acceptors (Lipinski definition) is 3. The van der Waals surface area contributed by atoms with Crippen molar-refractivity contribution >= 4 is 40.6 Å². The second kappa shape index (κ2) is 5.56. The maximum absolute atomic E-state index is 12.3. The van der Waals surface area contributed by atoms with Gasteiger partial charge in [0.25, 0.3) is 0 Å². The predicted molar refractivity (Wildman–Crippen MR) is 78.4 cm³/mol. The summed E-state index contributed by atoms with van der Waals surface area (Å²) in [7, 11) is 0. The van der Waals surface area contributed by atoms with Crippen LogP contribution in [0, 0.1) is 0 Å². The van der Waals surface area contributed by atoms with E-state index in [1.54, 1.807) is 6.92 Å². The first-order chi connectivity index (χ1) is 9.36. The molecule has 0 radical (unpaired) electrons. The largest absolute Gasteiger partial charge is 0.507 e. The number of ketones is 1. The number of rotatable bonds is 3. The lowest BCUT2D eigenvalue weighted by Crippen LogP contribution is -2.04. The van der Waals surface area contributed by atoms with E-state index >= 15 is 0 Å². The van der Waals surface area contributed by atoms with E-state index in [4.69, 9.17) is 34.8 Å². The van der Waals surface area contributed by atoms with E-state index in [0.29, 0.717) is 12.0 Å². The number of nitrogens with one attached hydrogen (secondary N) is 1. The van der Waals surface area contributed by atoms with E-state index in [-0.39, 0.29) is 32.2 Å². The second-order valence-corrected chi connectivity index (χ2v) is 5.31. The number of phenolic OH excluding ortho intramolecular Hbond substituents is 2. The van der Waals surface area contributed by atoms with Crippen molar-refractivity contribution < 1.29 is 15.0 Å². The molecule has 3 N–H and O–H groups in total. The monoisotopic (exact) mass is 333 g/mol. The van der Waals surface area contributed by atoms with Crippen LogP contribution < -0.4 is 0 Å². The molecule has 2 rings (SSSR count). The Hall–Kier alpha value is -1.36. The van der Waals surface area contributed by atoms with Gasteiger partial charge in [-0.1, -0.05) is 41.7 Å². The lowest BCUT2D eigenvalue weighted by Gasteiger charge is -2.11. The Kier molecular flexibility index (Phi) is 4.18. The van der Waals surface area contributed by atoms with E-state index in [2.05, 4.69) is 4.98 Å². The van der Waals surface area contributed by atoms with Gasteiger partial charge in [-0.3, -0.25) is 4.79 Å². The van der Waals surface area contributed by atoms with Crippen LogP contribution in [0.25, 0.3) is 0 Å². The molecule has 20 heavy (non-hydrogen) atoms. The summed E-state index contributed by atoms with van der Waals surface area (Å²) in [5.74, 6) is -1.43. The van der Waals surface area contributed by atoms with Gasteiger partial charge in [0.05, 0.1) is 15.7 Å². The molecular weight excluding hydrogens is 325 g/mol. The highest BCUT2D eigenvalue weighted by molar-refractivity contribution is 6.42. The van der Waals surface area contributed by atoms with Gasteiger partial charge in [-0.15, -0.1) is 0 Å². The van der Waals surface area contributed by atoms with Crippen LogP contribution in [0.1, 0.15) is 28.5 Å². The van der Waals surface area contributed by atoms with Gasteiger partial charge in [0, 0.05) is 0 Å². The molecule has 0 aliphatic heterocycles. The summed E-state index contributed by atoms with van der Waals surface area (Å²) in [6.07, 6.45) is 0.457. The van der Waals surface area contributed by atoms with Crippen LogP contribution >= 0.6 is 34.8 Å². The van der Waals surface area contributed by atoms with Crippen LogP contribution in [0.5, 0.6) is 11.5 Å². The average Bonchev–Trinajstić information content (AvgIpc) is 2.74. The number of carbonyl (C=O) groups is 1. The number of aromatic hydroxyl groups is 2. The summed E-state index contributed by atoms with van der Waals surface area (Å²) in [5.41, 5.74) is 0.235. The van der Waals surface area contributed by atoms with Crippen molar-refractivity contribution in [3.05, 3.63) is 44.2 Å². The number of carbonyl (C=O) groups excluding carboxylic acids is 1. The molecule has 0 atom stereocenters. The topological polar surface area (TPSA) is 73.3 Å². The quantitative estimate of drug-likeness (QED) is 0.737. The Bertz CT molecular complexity index is 675. The molecule has 0 saturated heterocycles. The summed E-state index contributed by atoms with van der Waals surface area (Å²) in [6, 6.07) is 2.73. The molecule has 7 heteroatoms. The second-order valence-electron chi connectivity index (χ2n) is 4.12. The molecular formula is C13H10Cl3NO3. The molecule has 1 aromatic carbocycles. The van der Waals surface area contributed by atoms with E-state index in [1.165, 1.54) is 12.1 Å². The number of phenols is 2. The smallest absolute Gasteiger partial charge is 0.216 e. The molecule has 4 nitrogen and oxygen atoms in total. The molecule has 0 spiro atoms. The van der Waals surface area contributed by atoms with Gasteiger partial charge in [-0.05, 0) is 24.1 Å². The standard InChI is InChI=1S/C13H10Cl3NO3/c1-2-5-3-6(14)11(19)9(10(5)18)12(20)8-4-7(15)13(16)17-8/h3-4,17-19H,2H2,1H3. The molecule has 0 bridgehead atoms. The third-order valence-corrected chi connectivity index (χ3v) is 3.86. The zero-order valence-corrected chi connectivity index (χ0v) is 12.6. The molecule has 0 aliphatic carbocycles. The number of aromatic nitrogens is 1. The van der Waals surface area contributed by atoms with Gasteiger partial charge < -0.3 is 15.2 Å². The molecule has 0 saturated carbocycles. The summed E-state index contributed by atoms with van der Waals surface area (Å²) in [6.45, 7) is 1.79. The van der Waals surface area contributed by atoms with E-state index in [9.17, 15) is 15.0 Å². The van der Waals surface area contributed by atoms with Crippen molar-refractivity contribution in [1.82, 2.24) is 4.98 Å². The predicted octanol–water partition coefficient (Wildman–Crippen LogP) is 4.18. The summed E-state index contributed by atoms with van der Waals surface area (Å²) in [5, 5.41) is 20.3. The fourth-order valence-corrected chi connectivity index (χ4v) is 2.37. The minimum atomic E-state index is -0.647. The van der Waals surface area contributed by atoms with E-state index in [0.717, 1.165) is 0 Å². The SMILES string of the molecule is CCc1cc(Cl)c(O)c(C(=O)c2cc(Cl)c(Cl)[nH]2)c1O. The van der Waals surface area contributed by atoms with Crippen LogP contribution in [0.2, 0.25) is 15.2 Å².